The third kappa shape index (κ3) is 6.18. The van der Waals surface area contributed by atoms with Crippen molar-refractivity contribution in [1.29, 1.82) is 0 Å². The third-order valence-corrected chi connectivity index (χ3v) is 4.59. The van der Waals surface area contributed by atoms with E-state index in [2.05, 4.69) is 25.2 Å². The fourth-order valence-corrected chi connectivity index (χ4v) is 3.38. The fraction of sp³-hybridized carbons (Fsp3) is 0.647. The van der Waals surface area contributed by atoms with Crippen LogP contribution in [0.15, 0.2) is 18.2 Å². The van der Waals surface area contributed by atoms with Gasteiger partial charge < -0.3 is 14.8 Å². The van der Waals surface area contributed by atoms with E-state index in [-0.39, 0.29) is 0 Å². The Kier molecular flexibility index (Phi) is 9.35. The van der Waals surface area contributed by atoms with Crippen molar-refractivity contribution in [3.05, 3.63) is 23.8 Å². The van der Waals surface area contributed by atoms with Gasteiger partial charge in [0.2, 0.25) is 0 Å². The van der Waals surface area contributed by atoms with Crippen molar-refractivity contribution in [3.63, 3.8) is 0 Å². The van der Waals surface area contributed by atoms with Crippen molar-refractivity contribution in [2.75, 3.05) is 32.3 Å². The van der Waals surface area contributed by atoms with Crippen LogP contribution < -0.4 is 14.8 Å². The van der Waals surface area contributed by atoms with E-state index in [1.807, 2.05) is 23.9 Å². The van der Waals surface area contributed by atoms with E-state index >= 15 is 0 Å². The number of hydrogen-bond acceptors (Lipinski definition) is 4. The summed E-state index contributed by atoms with van der Waals surface area (Å²) < 4.78 is 10.9. The Morgan fingerprint density at radius 2 is 1.95 bits per heavy atom. The van der Waals surface area contributed by atoms with Gasteiger partial charge in [-0.05, 0) is 36.9 Å². The molecule has 3 nitrogen and oxygen atoms in total. The second-order valence-electron chi connectivity index (χ2n) is 5.00. The topological polar surface area (TPSA) is 30.5 Å². The van der Waals surface area contributed by atoms with E-state index in [9.17, 15) is 0 Å². The Labute approximate surface area is 133 Å². The highest BCUT2D eigenvalue weighted by Crippen LogP contribution is 2.31. The number of benzene rings is 1. The average molecular weight is 311 g/mol. The molecule has 0 aromatic heterocycles. The van der Waals surface area contributed by atoms with Gasteiger partial charge in [-0.1, -0.05) is 26.7 Å². The van der Waals surface area contributed by atoms with Gasteiger partial charge in [0, 0.05) is 17.4 Å². The number of thioether (sulfide) groups is 1. The number of methoxy groups -OCH3 is 2. The largest absolute Gasteiger partial charge is 0.497 e. The molecule has 1 rings (SSSR count). The van der Waals surface area contributed by atoms with Crippen LogP contribution in [0.25, 0.3) is 0 Å². The highest BCUT2D eigenvalue weighted by atomic mass is 32.2. The molecule has 0 fully saturated rings. The number of nitrogens with one attached hydrogen (secondary N) is 1. The Morgan fingerprint density at radius 1 is 1.14 bits per heavy atom. The summed E-state index contributed by atoms with van der Waals surface area (Å²) >= 11 is 2.01. The lowest BCUT2D eigenvalue weighted by Crippen LogP contribution is -2.23. The van der Waals surface area contributed by atoms with E-state index in [4.69, 9.17) is 9.47 Å². The van der Waals surface area contributed by atoms with Crippen molar-refractivity contribution < 1.29 is 9.47 Å². The summed E-state index contributed by atoms with van der Waals surface area (Å²) in [5.41, 5.74) is 1.18. The quantitative estimate of drug-likeness (QED) is 0.618. The second-order valence-corrected chi connectivity index (χ2v) is 6.15. The molecule has 1 atom stereocenters. The highest BCUT2D eigenvalue weighted by Gasteiger charge is 2.16. The number of unbranched alkanes of at least 4 members (excludes halogenated alkanes) is 2. The van der Waals surface area contributed by atoms with Gasteiger partial charge in [0.25, 0.3) is 0 Å². The van der Waals surface area contributed by atoms with Crippen LogP contribution in [0.2, 0.25) is 0 Å². The van der Waals surface area contributed by atoms with Crippen LogP contribution in [0.3, 0.4) is 0 Å². The third-order valence-electron chi connectivity index (χ3n) is 3.44. The van der Waals surface area contributed by atoms with Crippen LogP contribution in [0.4, 0.5) is 0 Å². The van der Waals surface area contributed by atoms with E-state index in [0.29, 0.717) is 6.04 Å². The van der Waals surface area contributed by atoms with Gasteiger partial charge in [0.1, 0.15) is 11.5 Å². The van der Waals surface area contributed by atoms with E-state index in [1.54, 1.807) is 14.2 Å². The summed E-state index contributed by atoms with van der Waals surface area (Å²) in [6.07, 6.45) is 3.90. The first-order valence-electron chi connectivity index (χ1n) is 7.79. The van der Waals surface area contributed by atoms with Crippen LogP contribution in [0.1, 0.15) is 44.7 Å². The number of rotatable bonds is 11. The maximum Gasteiger partial charge on any atom is 0.123 e. The van der Waals surface area contributed by atoms with Gasteiger partial charge in [-0.15, -0.1) is 0 Å². The predicted octanol–water partition coefficient (Wildman–Crippen LogP) is 4.28. The second kappa shape index (κ2) is 10.8. The SMILES string of the molecule is CCCCCSCC(NCC)c1cc(OC)ccc1OC. The van der Waals surface area contributed by atoms with Gasteiger partial charge >= 0.3 is 0 Å². The first-order chi connectivity index (χ1) is 10.3. The van der Waals surface area contributed by atoms with Crippen LogP contribution in [0, 0.1) is 0 Å². The molecule has 0 aliphatic rings. The van der Waals surface area contributed by atoms with Crippen LogP contribution in [0.5, 0.6) is 11.5 Å². The maximum atomic E-state index is 5.51. The van der Waals surface area contributed by atoms with Crippen molar-refractivity contribution in [3.8, 4) is 11.5 Å². The normalized spacial score (nSPS) is 12.2. The molecule has 0 aliphatic heterocycles. The molecule has 1 aromatic carbocycles. The minimum atomic E-state index is 0.298. The molecular weight excluding hydrogens is 282 g/mol. The van der Waals surface area contributed by atoms with Crippen LogP contribution >= 0.6 is 11.8 Å². The lowest BCUT2D eigenvalue weighted by Gasteiger charge is -2.21. The lowest BCUT2D eigenvalue weighted by atomic mass is 10.1. The molecule has 0 bridgehead atoms. The molecule has 21 heavy (non-hydrogen) atoms. The minimum absolute atomic E-state index is 0.298. The maximum absolute atomic E-state index is 5.51. The summed E-state index contributed by atoms with van der Waals surface area (Å²) in [4.78, 5) is 0. The van der Waals surface area contributed by atoms with Crippen LogP contribution in [-0.2, 0) is 0 Å². The molecule has 120 valence electrons. The first kappa shape index (κ1) is 18.2. The van der Waals surface area contributed by atoms with E-state index < -0.39 is 0 Å². The Hall–Kier alpha value is -0.870. The summed E-state index contributed by atoms with van der Waals surface area (Å²) in [6.45, 7) is 5.33. The summed E-state index contributed by atoms with van der Waals surface area (Å²) in [7, 11) is 3.43. The summed E-state index contributed by atoms with van der Waals surface area (Å²) in [5.74, 6) is 4.09. The summed E-state index contributed by atoms with van der Waals surface area (Å²) in [6, 6.07) is 6.31. The van der Waals surface area contributed by atoms with Gasteiger partial charge in [-0.2, -0.15) is 11.8 Å². The first-order valence-corrected chi connectivity index (χ1v) is 8.95. The van der Waals surface area contributed by atoms with Crippen molar-refractivity contribution in [2.24, 2.45) is 0 Å². The zero-order valence-electron chi connectivity index (χ0n) is 13.8. The Morgan fingerprint density at radius 3 is 2.57 bits per heavy atom. The fourth-order valence-electron chi connectivity index (χ4n) is 2.27. The molecule has 1 aromatic rings. The Balaban J connectivity index is 2.73. The lowest BCUT2D eigenvalue weighted by molar-refractivity contribution is 0.393. The zero-order valence-corrected chi connectivity index (χ0v) is 14.6. The van der Waals surface area contributed by atoms with Crippen LogP contribution in [-0.4, -0.2) is 32.3 Å². The Bertz CT molecular complexity index is 398. The molecule has 4 heteroatoms. The average Bonchev–Trinajstić information content (AvgIpc) is 2.53. The molecule has 0 spiro atoms. The molecule has 0 heterocycles. The summed E-state index contributed by atoms with van der Waals surface area (Å²) in [5, 5.41) is 3.56. The van der Waals surface area contributed by atoms with E-state index in [1.165, 1.54) is 30.6 Å². The zero-order chi connectivity index (χ0) is 15.5. The standard InChI is InChI=1S/C17H29NO2S/c1-5-7-8-11-21-13-16(18-6-2)15-12-14(19-3)9-10-17(15)20-4/h9-10,12,16,18H,5-8,11,13H2,1-4H3. The molecule has 0 saturated carbocycles. The van der Waals surface area contributed by atoms with Gasteiger partial charge in [-0.25, -0.2) is 0 Å². The van der Waals surface area contributed by atoms with Crippen molar-refractivity contribution >= 4 is 11.8 Å². The van der Waals surface area contributed by atoms with Crippen molar-refractivity contribution in [2.45, 2.75) is 39.2 Å². The van der Waals surface area contributed by atoms with E-state index in [0.717, 1.165) is 23.8 Å². The predicted molar refractivity (Wildman–Crippen MR) is 92.8 cm³/mol. The molecule has 1 unspecified atom stereocenters. The minimum Gasteiger partial charge on any atom is -0.497 e. The van der Waals surface area contributed by atoms with Gasteiger partial charge in [-0.3, -0.25) is 0 Å². The molecule has 0 amide bonds. The smallest absolute Gasteiger partial charge is 0.123 e. The number of ether oxygens (including phenoxy) is 2. The molecule has 0 radical (unpaired) electrons. The van der Waals surface area contributed by atoms with Gasteiger partial charge in [0.15, 0.2) is 0 Å². The monoisotopic (exact) mass is 311 g/mol. The molecule has 1 N–H and O–H groups in total. The van der Waals surface area contributed by atoms with Crippen molar-refractivity contribution in [1.82, 2.24) is 5.32 Å². The highest BCUT2D eigenvalue weighted by molar-refractivity contribution is 7.99. The number of hydrogen-bond donors (Lipinski definition) is 1. The molecular formula is C17H29NO2S. The molecule has 0 aliphatic carbocycles. The van der Waals surface area contributed by atoms with Gasteiger partial charge in [0.05, 0.1) is 14.2 Å². The molecule has 0 saturated heterocycles.